The van der Waals surface area contributed by atoms with Crippen LogP contribution in [-0.4, -0.2) is 24.7 Å². The maximum atomic E-state index is 11.6. The molecule has 0 amide bonds. The molecule has 6 fully saturated rings. The van der Waals surface area contributed by atoms with Gasteiger partial charge in [-0.1, -0.05) is 12.1 Å². The fourth-order valence-corrected chi connectivity index (χ4v) is 7.34. The van der Waals surface area contributed by atoms with Crippen molar-refractivity contribution in [1.29, 1.82) is 0 Å². The lowest BCUT2D eigenvalue weighted by molar-refractivity contribution is -0.390. The molecule has 0 unspecified atom stereocenters. The van der Waals surface area contributed by atoms with Gasteiger partial charge in [0.05, 0.1) is 12.7 Å². The highest BCUT2D eigenvalue weighted by Crippen LogP contribution is 2.63. The fourth-order valence-electron chi connectivity index (χ4n) is 7.34. The smallest absolute Gasteiger partial charge is 0.337 e. The topological polar surface area (TPSA) is 54.0 Å². The van der Waals surface area contributed by atoms with Crippen LogP contribution in [0, 0.1) is 29.6 Å². The average Bonchev–Trinajstić information content (AvgIpc) is 3.13. The Balaban J connectivity index is 1.08. The summed E-state index contributed by atoms with van der Waals surface area (Å²) in [6.07, 6.45) is 11.5. The SMILES string of the molecule is COC(=O)c1ccc(CC2CCC3(CC2)OOC2(O3)C3CC4CC(C3)CC2C4)cc1. The lowest BCUT2D eigenvalue weighted by Crippen LogP contribution is -2.59. The van der Waals surface area contributed by atoms with Crippen molar-refractivity contribution in [2.75, 3.05) is 7.11 Å². The first-order valence-electron chi connectivity index (χ1n) is 11.8. The first-order valence-corrected chi connectivity index (χ1v) is 11.8. The van der Waals surface area contributed by atoms with Crippen LogP contribution < -0.4 is 0 Å². The van der Waals surface area contributed by atoms with Gasteiger partial charge in [-0.05, 0) is 86.8 Å². The molecule has 30 heavy (non-hydrogen) atoms. The first kappa shape index (κ1) is 19.3. The molecule has 0 aromatic heterocycles. The maximum Gasteiger partial charge on any atom is 0.337 e. The zero-order valence-corrected chi connectivity index (χ0v) is 17.8. The molecule has 1 aliphatic heterocycles. The lowest BCUT2D eigenvalue weighted by Gasteiger charge is -2.57. The second-order valence-corrected chi connectivity index (χ2v) is 10.5. The van der Waals surface area contributed by atoms with Gasteiger partial charge in [0.2, 0.25) is 11.6 Å². The van der Waals surface area contributed by atoms with Crippen molar-refractivity contribution in [3.8, 4) is 0 Å². The van der Waals surface area contributed by atoms with E-state index in [9.17, 15) is 4.79 Å². The number of esters is 1. The number of carbonyl (C=O) groups is 1. The average molecular weight is 413 g/mol. The Bertz CT molecular complexity index is 779. The highest BCUT2D eigenvalue weighted by molar-refractivity contribution is 5.89. The van der Waals surface area contributed by atoms with E-state index in [4.69, 9.17) is 19.2 Å². The molecule has 5 heteroatoms. The molecule has 5 saturated carbocycles. The van der Waals surface area contributed by atoms with Gasteiger partial charge in [0.15, 0.2) is 0 Å². The van der Waals surface area contributed by atoms with E-state index in [1.807, 2.05) is 24.3 Å². The number of benzene rings is 1. The molecule has 2 spiro atoms. The minimum atomic E-state index is -0.527. The molecule has 162 valence electrons. The highest BCUT2D eigenvalue weighted by atomic mass is 17.3. The van der Waals surface area contributed by atoms with Crippen LogP contribution in [0.15, 0.2) is 24.3 Å². The van der Waals surface area contributed by atoms with Crippen LogP contribution in [0.1, 0.15) is 73.7 Å². The molecule has 7 rings (SSSR count). The second kappa shape index (κ2) is 7.04. The Morgan fingerprint density at radius 3 is 2.20 bits per heavy atom. The minimum absolute atomic E-state index is 0.282. The Morgan fingerprint density at radius 2 is 1.60 bits per heavy atom. The summed E-state index contributed by atoms with van der Waals surface area (Å²) in [6.45, 7) is 0. The molecule has 1 aromatic carbocycles. The largest absolute Gasteiger partial charge is 0.465 e. The molecule has 0 radical (unpaired) electrons. The number of rotatable bonds is 3. The van der Waals surface area contributed by atoms with E-state index >= 15 is 0 Å². The zero-order valence-electron chi connectivity index (χ0n) is 17.8. The molecule has 4 bridgehead atoms. The van der Waals surface area contributed by atoms with Crippen molar-refractivity contribution < 1.29 is 24.0 Å². The molecular weight excluding hydrogens is 380 g/mol. The number of ether oxygens (including phenoxy) is 2. The van der Waals surface area contributed by atoms with Crippen LogP contribution in [0.2, 0.25) is 0 Å². The molecule has 1 saturated heterocycles. The van der Waals surface area contributed by atoms with E-state index in [1.165, 1.54) is 44.8 Å². The van der Waals surface area contributed by atoms with E-state index in [0.29, 0.717) is 23.3 Å². The summed E-state index contributed by atoms with van der Waals surface area (Å²) in [4.78, 5) is 23.8. The molecular formula is C25H32O5. The molecule has 0 N–H and O–H groups in total. The van der Waals surface area contributed by atoms with Gasteiger partial charge in [-0.2, -0.15) is 9.78 Å². The van der Waals surface area contributed by atoms with Crippen LogP contribution in [0.4, 0.5) is 0 Å². The second-order valence-electron chi connectivity index (χ2n) is 10.5. The monoisotopic (exact) mass is 412 g/mol. The third kappa shape index (κ3) is 3.04. The Morgan fingerprint density at radius 1 is 0.967 bits per heavy atom. The number of carbonyl (C=O) groups excluding carboxylic acids is 1. The molecule has 6 aliphatic rings. The van der Waals surface area contributed by atoms with Crippen molar-refractivity contribution in [1.82, 2.24) is 0 Å². The number of hydrogen-bond donors (Lipinski definition) is 0. The Hall–Kier alpha value is -1.43. The maximum absolute atomic E-state index is 11.6. The summed E-state index contributed by atoms with van der Waals surface area (Å²) in [5, 5.41) is 0. The highest BCUT2D eigenvalue weighted by Gasteiger charge is 2.66. The predicted octanol–water partition coefficient (Wildman–Crippen LogP) is 5.03. The molecule has 5 aliphatic carbocycles. The normalized spacial score (nSPS) is 44.1. The zero-order chi connectivity index (χ0) is 20.3. The van der Waals surface area contributed by atoms with Crippen molar-refractivity contribution in [3.63, 3.8) is 0 Å². The fraction of sp³-hybridized carbons (Fsp3) is 0.720. The van der Waals surface area contributed by atoms with Gasteiger partial charge in [-0.3, -0.25) is 0 Å². The van der Waals surface area contributed by atoms with E-state index in [2.05, 4.69) is 0 Å². The van der Waals surface area contributed by atoms with E-state index in [1.54, 1.807) is 0 Å². The summed E-state index contributed by atoms with van der Waals surface area (Å²) in [6, 6.07) is 7.81. The van der Waals surface area contributed by atoms with Crippen LogP contribution in [0.25, 0.3) is 0 Å². The molecule has 5 nitrogen and oxygen atoms in total. The van der Waals surface area contributed by atoms with E-state index in [-0.39, 0.29) is 5.97 Å². The Labute approximate surface area is 178 Å². The van der Waals surface area contributed by atoms with Crippen molar-refractivity contribution in [2.24, 2.45) is 29.6 Å². The van der Waals surface area contributed by atoms with Gasteiger partial charge >= 0.3 is 5.97 Å². The van der Waals surface area contributed by atoms with Crippen LogP contribution >= 0.6 is 0 Å². The standard InChI is InChI=1S/C25H32O5/c1-27-23(26)20-4-2-16(3-5-20)10-17-6-8-24(9-7-17)28-25(30-29-24)21-12-18-11-19(14-21)15-22(25)13-18/h2-5,17-19,21-22H,6-15H2,1H3. The van der Waals surface area contributed by atoms with Crippen molar-refractivity contribution in [2.45, 2.75) is 75.8 Å². The molecule has 1 heterocycles. The summed E-state index contributed by atoms with van der Waals surface area (Å²) < 4.78 is 11.6. The number of hydrogen-bond acceptors (Lipinski definition) is 5. The van der Waals surface area contributed by atoms with Gasteiger partial charge in [-0.15, -0.1) is 0 Å². The summed E-state index contributed by atoms with van der Waals surface area (Å²) in [7, 11) is 1.42. The van der Waals surface area contributed by atoms with E-state index in [0.717, 1.165) is 43.9 Å². The van der Waals surface area contributed by atoms with Crippen LogP contribution in [0.3, 0.4) is 0 Å². The summed E-state index contributed by atoms with van der Waals surface area (Å²) >= 11 is 0. The van der Waals surface area contributed by atoms with Gasteiger partial charge in [-0.25, -0.2) is 4.79 Å². The number of methoxy groups -OCH3 is 1. The third-order valence-electron chi connectivity index (χ3n) is 8.71. The minimum Gasteiger partial charge on any atom is -0.465 e. The van der Waals surface area contributed by atoms with Crippen LogP contribution in [-0.2, 0) is 25.7 Å². The third-order valence-corrected chi connectivity index (χ3v) is 8.71. The lowest BCUT2D eigenvalue weighted by atomic mass is 9.53. The summed E-state index contributed by atoms with van der Waals surface area (Å²) in [5.41, 5.74) is 1.88. The van der Waals surface area contributed by atoms with Gasteiger partial charge in [0.25, 0.3) is 0 Å². The summed E-state index contributed by atoms with van der Waals surface area (Å²) in [5.74, 6) is 2.19. The van der Waals surface area contributed by atoms with Gasteiger partial charge < -0.3 is 9.47 Å². The van der Waals surface area contributed by atoms with Crippen molar-refractivity contribution in [3.05, 3.63) is 35.4 Å². The quantitative estimate of drug-likeness (QED) is 0.515. The predicted molar refractivity (Wildman–Crippen MR) is 109 cm³/mol. The van der Waals surface area contributed by atoms with Crippen molar-refractivity contribution >= 4 is 5.97 Å². The molecule has 0 atom stereocenters. The van der Waals surface area contributed by atoms with Gasteiger partial charge in [0, 0.05) is 24.7 Å². The Kier molecular flexibility index (Phi) is 4.52. The van der Waals surface area contributed by atoms with Crippen LogP contribution in [0.5, 0.6) is 0 Å². The molecule has 1 aromatic rings. The van der Waals surface area contributed by atoms with E-state index < -0.39 is 11.6 Å². The first-order chi connectivity index (χ1) is 14.6. The van der Waals surface area contributed by atoms with Gasteiger partial charge in [0.1, 0.15) is 0 Å².